The number of rotatable bonds is 4. The lowest BCUT2D eigenvalue weighted by Crippen LogP contribution is -2.29. The molecule has 1 aliphatic rings. The van der Waals surface area contributed by atoms with Crippen LogP contribution in [0.5, 0.6) is 0 Å². The van der Waals surface area contributed by atoms with Crippen LogP contribution in [0, 0.1) is 0 Å². The van der Waals surface area contributed by atoms with Gasteiger partial charge in [0.25, 0.3) is 0 Å². The second kappa shape index (κ2) is 8.90. The highest BCUT2D eigenvalue weighted by atomic mass is 35.5. The molecule has 2 aromatic carbocycles. The van der Waals surface area contributed by atoms with E-state index >= 15 is 0 Å². The Hall–Kier alpha value is -1.58. The van der Waals surface area contributed by atoms with Crippen LogP contribution in [0.1, 0.15) is 36.0 Å². The van der Waals surface area contributed by atoms with Gasteiger partial charge >= 0.3 is 5.97 Å². The van der Waals surface area contributed by atoms with Gasteiger partial charge in [-0.05, 0) is 48.8 Å². The summed E-state index contributed by atoms with van der Waals surface area (Å²) in [6.45, 7) is 3.59. The molecule has 0 bridgehead atoms. The summed E-state index contributed by atoms with van der Waals surface area (Å²) in [6, 6.07) is 13.8. The maximum Gasteiger partial charge on any atom is 0.338 e. The van der Waals surface area contributed by atoms with Crippen molar-refractivity contribution in [2.75, 3.05) is 26.2 Å². The van der Waals surface area contributed by atoms with Crippen molar-refractivity contribution in [2.24, 2.45) is 0 Å². The molecule has 0 atom stereocenters. The molecule has 0 N–H and O–H groups in total. The maximum absolute atomic E-state index is 12.2. The molecule has 4 heteroatoms. The molecule has 2 aromatic rings. The number of carbonyl (C=O) groups is 1. The average Bonchev–Trinajstić information content (AvgIpc) is 2.83. The van der Waals surface area contributed by atoms with Gasteiger partial charge in [-0.15, -0.1) is 12.4 Å². The van der Waals surface area contributed by atoms with E-state index in [1.54, 1.807) is 0 Å². The van der Waals surface area contributed by atoms with Gasteiger partial charge < -0.3 is 4.74 Å². The largest absolute Gasteiger partial charge is 0.461 e. The molecule has 3 nitrogen and oxygen atoms in total. The van der Waals surface area contributed by atoms with Crippen molar-refractivity contribution in [3.8, 4) is 0 Å². The number of hydrogen-bond acceptors (Lipinski definition) is 3. The highest BCUT2D eigenvalue weighted by molar-refractivity contribution is 5.95. The van der Waals surface area contributed by atoms with E-state index in [9.17, 15) is 4.79 Å². The van der Waals surface area contributed by atoms with Crippen molar-refractivity contribution < 1.29 is 9.53 Å². The molecule has 0 aromatic heterocycles. The summed E-state index contributed by atoms with van der Waals surface area (Å²) in [5.41, 5.74) is 0.634. The Balaban J connectivity index is 0.00000192. The molecule has 0 spiro atoms. The third kappa shape index (κ3) is 4.95. The maximum atomic E-state index is 12.2. The summed E-state index contributed by atoms with van der Waals surface area (Å²) in [4.78, 5) is 14.6. The summed E-state index contributed by atoms with van der Waals surface area (Å²) in [7, 11) is 0. The van der Waals surface area contributed by atoms with Gasteiger partial charge in [0.1, 0.15) is 6.61 Å². The van der Waals surface area contributed by atoms with Crippen LogP contribution in [0.2, 0.25) is 0 Å². The second-order valence-corrected chi connectivity index (χ2v) is 5.95. The van der Waals surface area contributed by atoms with E-state index in [2.05, 4.69) is 4.90 Å². The van der Waals surface area contributed by atoms with Gasteiger partial charge in [-0.1, -0.05) is 43.2 Å². The Labute approximate surface area is 144 Å². The van der Waals surface area contributed by atoms with E-state index in [0.717, 1.165) is 30.4 Å². The zero-order valence-corrected chi connectivity index (χ0v) is 14.2. The Kier molecular flexibility index (Phi) is 6.87. The minimum absolute atomic E-state index is 0. The number of nitrogens with zero attached hydrogens (tertiary/aromatic N) is 1. The number of hydrogen-bond donors (Lipinski definition) is 0. The number of fused-ring (bicyclic) bond motifs is 1. The fraction of sp³-hybridized carbons (Fsp3) is 0.421. The normalized spacial score (nSPS) is 15.7. The first kappa shape index (κ1) is 17.8. The summed E-state index contributed by atoms with van der Waals surface area (Å²) < 4.78 is 5.44. The van der Waals surface area contributed by atoms with Crippen molar-refractivity contribution in [3.63, 3.8) is 0 Å². The standard InChI is InChI=1S/C19H23NO2.ClH/c21-19(22-14-13-20-11-5-1-2-6-12-20)18-10-9-16-7-3-4-8-17(16)15-18;/h3-4,7-10,15H,1-2,5-6,11-14H2;1H. The Morgan fingerprint density at radius 2 is 1.65 bits per heavy atom. The smallest absolute Gasteiger partial charge is 0.338 e. The summed E-state index contributed by atoms with van der Waals surface area (Å²) in [5, 5.41) is 2.22. The van der Waals surface area contributed by atoms with Crippen LogP contribution in [0.15, 0.2) is 42.5 Å². The number of likely N-dealkylation sites (tertiary alicyclic amines) is 1. The lowest BCUT2D eigenvalue weighted by Gasteiger charge is -2.19. The third-order valence-corrected chi connectivity index (χ3v) is 4.32. The summed E-state index contributed by atoms with van der Waals surface area (Å²) in [5.74, 6) is -0.222. The monoisotopic (exact) mass is 333 g/mol. The first-order valence-corrected chi connectivity index (χ1v) is 8.21. The third-order valence-electron chi connectivity index (χ3n) is 4.32. The zero-order chi connectivity index (χ0) is 15.2. The predicted octanol–water partition coefficient (Wildman–Crippen LogP) is 4.29. The molecule has 124 valence electrons. The van der Waals surface area contributed by atoms with Crippen LogP contribution in [-0.4, -0.2) is 37.1 Å². The van der Waals surface area contributed by atoms with Crippen LogP contribution < -0.4 is 0 Å². The van der Waals surface area contributed by atoms with Gasteiger partial charge in [-0.3, -0.25) is 4.90 Å². The van der Waals surface area contributed by atoms with Crippen LogP contribution in [-0.2, 0) is 4.74 Å². The molecule has 0 radical (unpaired) electrons. The lowest BCUT2D eigenvalue weighted by molar-refractivity contribution is 0.0463. The van der Waals surface area contributed by atoms with Gasteiger partial charge in [0, 0.05) is 6.54 Å². The van der Waals surface area contributed by atoms with Gasteiger partial charge in [0.15, 0.2) is 0 Å². The Bertz CT molecular complexity index is 636. The van der Waals surface area contributed by atoms with Crippen LogP contribution in [0.3, 0.4) is 0 Å². The molecule has 0 unspecified atom stereocenters. The predicted molar refractivity (Wildman–Crippen MR) is 96.4 cm³/mol. The van der Waals surface area contributed by atoms with E-state index in [1.165, 1.54) is 25.7 Å². The van der Waals surface area contributed by atoms with Gasteiger partial charge in [0.2, 0.25) is 0 Å². The van der Waals surface area contributed by atoms with Crippen molar-refractivity contribution in [1.29, 1.82) is 0 Å². The fourth-order valence-electron chi connectivity index (χ4n) is 3.03. The van der Waals surface area contributed by atoms with Crippen LogP contribution >= 0.6 is 12.4 Å². The molecule has 1 aliphatic heterocycles. The topological polar surface area (TPSA) is 29.5 Å². The zero-order valence-electron chi connectivity index (χ0n) is 13.4. The Morgan fingerprint density at radius 3 is 2.39 bits per heavy atom. The van der Waals surface area contributed by atoms with Crippen LogP contribution in [0.4, 0.5) is 0 Å². The number of ether oxygens (including phenoxy) is 1. The Morgan fingerprint density at radius 1 is 0.957 bits per heavy atom. The number of esters is 1. The van der Waals surface area contributed by atoms with E-state index in [-0.39, 0.29) is 18.4 Å². The van der Waals surface area contributed by atoms with E-state index in [1.807, 2.05) is 42.5 Å². The lowest BCUT2D eigenvalue weighted by atomic mass is 10.1. The molecule has 1 heterocycles. The van der Waals surface area contributed by atoms with Gasteiger partial charge in [-0.25, -0.2) is 4.79 Å². The molecule has 0 amide bonds. The number of carbonyl (C=O) groups excluding carboxylic acids is 1. The van der Waals surface area contributed by atoms with Crippen LogP contribution in [0.25, 0.3) is 10.8 Å². The van der Waals surface area contributed by atoms with Gasteiger partial charge in [-0.2, -0.15) is 0 Å². The van der Waals surface area contributed by atoms with Crippen molar-refractivity contribution in [3.05, 3.63) is 48.0 Å². The SMILES string of the molecule is Cl.O=C(OCCN1CCCCCC1)c1ccc2ccccc2c1. The first-order chi connectivity index (χ1) is 10.8. The van der Waals surface area contributed by atoms with Crippen molar-refractivity contribution in [1.82, 2.24) is 4.90 Å². The number of halogens is 1. The molecular weight excluding hydrogens is 310 g/mol. The van der Waals surface area contributed by atoms with Gasteiger partial charge in [0.05, 0.1) is 5.56 Å². The molecule has 23 heavy (non-hydrogen) atoms. The quantitative estimate of drug-likeness (QED) is 0.781. The average molecular weight is 334 g/mol. The van der Waals surface area contributed by atoms with E-state index < -0.39 is 0 Å². The fourth-order valence-corrected chi connectivity index (χ4v) is 3.03. The minimum Gasteiger partial charge on any atom is -0.461 e. The number of benzene rings is 2. The van der Waals surface area contributed by atoms with E-state index in [4.69, 9.17) is 4.74 Å². The van der Waals surface area contributed by atoms with E-state index in [0.29, 0.717) is 12.2 Å². The molecule has 0 saturated carbocycles. The highest BCUT2D eigenvalue weighted by Crippen LogP contribution is 2.16. The highest BCUT2D eigenvalue weighted by Gasteiger charge is 2.11. The van der Waals surface area contributed by atoms with Crippen molar-refractivity contribution in [2.45, 2.75) is 25.7 Å². The van der Waals surface area contributed by atoms with Crippen molar-refractivity contribution >= 4 is 29.1 Å². The molecule has 1 saturated heterocycles. The molecule has 0 aliphatic carbocycles. The summed E-state index contributed by atoms with van der Waals surface area (Å²) in [6.07, 6.45) is 5.18. The molecular formula is C19H24ClNO2. The minimum atomic E-state index is -0.222. The summed E-state index contributed by atoms with van der Waals surface area (Å²) >= 11 is 0. The first-order valence-electron chi connectivity index (χ1n) is 8.21. The second-order valence-electron chi connectivity index (χ2n) is 5.95. The molecule has 1 fully saturated rings. The molecule has 3 rings (SSSR count).